The molecule has 0 saturated carbocycles. The number of aromatic amines is 1. The van der Waals surface area contributed by atoms with Gasteiger partial charge in [-0.05, 0) is 36.8 Å². The van der Waals surface area contributed by atoms with E-state index >= 15 is 0 Å². The van der Waals surface area contributed by atoms with Gasteiger partial charge < -0.3 is 9.47 Å². The van der Waals surface area contributed by atoms with Crippen LogP contribution in [0.2, 0.25) is 0 Å². The minimum atomic E-state index is 0.00461. The molecule has 0 amide bonds. The topological polar surface area (TPSA) is 56.2 Å². The van der Waals surface area contributed by atoms with E-state index in [1.54, 1.807) is 11.8 Å². The molecule has 0 atom stereocenters. The lowest BCUT2D eigenvalue weighted by molar-refractivity contribution is 0.289. The first-order chi connectivity index (χ1) is 12.2. The minimum Gasteiger partial charge on any atom is -0.497 e. The molecular weight excluding hydrogens is 316 g/mol. The molecule has 25 heavy (non-hydrogen) atoms. The van der Waals surface area contributed by atoms with Crippen LogP contribution in [-0.2, 0) is 13.0 Å². The van der Waals surface area contributed by atoms with E-state index in [2.05, 4.69) is 5.10 Å². The molecule has 0 spiro atoms. The van der Waals surface area contributed by atoms with Crippen molar-refractivity contribution in [3.05, 3.63) is 81.8 Å². The number of aryl methyl sites for hydroxylation is 1. The third kappa shape index (κ3) is 4.12. The number of rotatable bonds is 7. The quantitative estimate of drug-likeness (QED) is 0.720. The molecule has 130 valence electrons. The summed E-state index contributed by atoms with van der Waals surface area (Å²) in [7, 11) is 1.64. The molecule has 1 N–H and O–H groups in total. The molecule has 0 aliphatic carbocycles. The number of hydrogen-bond acceptors (Lipinski definition) is 3. The lowest BCUT2D eigenvalue weighted by Gasteiger charge is -2.05. The first kappa shape index (κ1) is 16.9. The molecule has 2 aromatic carbocycles. The summed E-state index contributed by atoms with van der Waals surface area (Å²) in [5.74, 6) is 1.61. The van der Waals surface area contributed by atoms with Gasteiger partial charge in [-0.25, -0.2) is 4.68 Å². The van der Waals surface area contributed by atoms with Crippen LogP contribution in [0.5, 0.6) is 11.5 Å². The van der Waals surface area contributed by atoms with Crippen molar-refractivity contribution in [2.45, 2.75) is 19.9 Å². The number of aromatic nitrogens is 2. The molecule has 0 aliphatic heterocycles. The standard InChI is InChI=1S/C20H22N2O3/c1-15-19(14-16-8-10-17(24-2)11-9-16)20(23)22(21-15)12-13-25-18-6-4-3-5-7-18/h3-11,21H,12-14H2,1-2H3. The Bertz CT molecular complexity index is 864. The van der Waals surface area contributed by atoms with Crippen molar-refractivity contribution < 1.29 is 9.47 Å². The number of methoxy groups -OCH3 is 1. The molecule has 5 heteroatoms. The molecule has 3 aromatic rings. The van der Waals surface area contributed by atoms with Gasteiger partial charge in [0.15, 0.2) is 0 Å². The lowest BCUT2D eigenvalue weighted by Crippen LogP contribution is -2.22. The van der Waals surface area contributed by atoms with E-state index in [4.69, 9.17) is 9.47 Å². The average Bonchev–Trinajstić information content (AvgIpc) is 2.91. The van der Waals surface area contributed by atoms with Gasteiger partial charge in [-0.1, -0.05) is 30.3 Å². The predicted octanol–water partition coefficient (Wildman–Crippen LogP) is 3.16. The number of H-pyrrole nitrogens is 1. The summed E-state index contributed by atoms with van der Waals surface area (Å²) in [6.07, 6.45) is 0.595. The molecule has 0 aliphatic rings. The van der Waals surface area contributed by atoms with E-state index in [1.807, 2.05) is 61.5 Å². The van der Waals surface area contributed by atoms with E-state index < -0.39 is 0 Å². The molecule has 0 radical (unpaired) electrons. The van der Waals surface area contributed by atoms with Crippen LogP contribution in [0.1, 0.15) is 16.8 Å². The molecule has 0 unspecified atom stereocenters. The smallest absolute Gasteiger partial charge is 0.270 e. The third-order valence-electron chi connectivity index (χ3n) is 4.13. The number of para-hydroxylation sites is 1. The van der Waals surface area contributed by atoms with Crippen molar-refractivity contribution in [3.8, 4) is 11.5 Å². The zero-order valence-corrected chi connectivity index (χ0v) is 14.5. The Kier molecular flexibility index (Phi) is 5.23. The van der Waals surface area contributed by atoms with Crippen LogP contribution in [0.15, 0.2) is 59.4 Å². The van der Waals surface area contributed by atoms with Crippen LogP contribution in [0.25, 0.3) is 0 Å². The molecular formula is C20H22N2O3. The predicted molar refractivity (Wildman–Crippen MR) is 97.5 cm³/mol. The summed E-state index contributed by atoms with van der Waals surface area (Å²) in [5, 5.41) is 3.14. The molecule has 3 rings (SSSR count). The Morgan fingerprint density at radius 3 is 2.40 bits per heavy atom. The number of hydrogen-bond donors (Lipinski definition) is 1. The van der Waals surface area contributed by atoms with E-state index in [-0.39, 0.29) is 5.56 Å². The number of benzene rings is 2. The second-order valence-electron chi connectivity index (χ2n) is 5.86. The largest absolute Gasteiger partial charge is 0.497 e. The van der Waals surface area contributed by atoms with Crippen LogP contribution >= 0.6 is 0 Å². The number of nitrogens with one attached hydrogen (secondary N) is 1. The van der Waals surface area contributed by atoms with Crippen LogP contribution in [0.3, 0.4) is 0 Å². The highest BCUT2D eigenvalue weighted by atomic mass is 16.5. The average molecular weight is 338 g/mol. The summed E-state index contributed by atoms with van der Waals surface area (Å²) in [5.41, 5.74) is 2.75. The molecule has 0 saturated heterocycles. The number of nitrogens with zero attached hydrogens (tertiary/aromatic N) is 1. The van der Waals surface area contributed by atoms with Gasteiger partial charge in [-0.2, -0.15) is 0 Å². The highest BCUT2D eigenvalue weighted by molar-refractivity contribution is 5.32. The number of ether oxygens (including phenoxy) is 2. The first-order valence-electron chi connectivity index (χ1n) is 8.26. The second-order valence-corrected chi connectivity index (χ2v) is 5.86. The normalized spacial score (nSPS) is 10.6. The van der Waals surface area contributed by atoms with E-state index in [9.17, 15) is 4.79 Å². The van der Waals surface area contributed by atoms with Crippen molar-refractivity contribution in [3.63, 3.8) is 0 Å². The molecule has 1 heterocycles. The van der Waals surface area contributed by atoms with Crippen LogP contribution in [0, 0.1) is 6.92 Å². The van der Waals surface area contributed by atoms with Crippen molar-refractivity contribution in [1.82, 2.24) is 9.78 Å². The fourth-order valence-electron chi connectivity index (χ4n) is 2.73. The van der Waals surface area contributed by atoms with Crippen molar-refractivity contribution in [1.29, 1.82) is 0 Å². The maximum Gasteiger partial charge on any atom is 0.270 e. The monoisotopic (exact) mass is 338 g/mol. The van der Waals surface area contributed by atoms with E-state index in [0.717, 1.165) is 28.3 Å². The Hall–Kier alpha value is -2.95. The SMILES string of the molecule is COc1ccc(Cc2c(C)[nH]n(CCOc3ccccc3)c2=O)cc1. The fourth-order valence-corrected chi connectivity index (χ4v) is 2.73. The highest BCUT2D eigenvalue weighted by Gasteiger charge is 2.12. The molecule has 0 fully saturated rings. The van der Waals surface area contributed by atoms with Gasteiger partial charge in [-0.3, -0.25) is 9.89 Å². The molecule has 5 nitrogen and oxygen atoms in total. The first-order valence-corrected chi connectivity index (χ1v) is 8.26. The van der Waals surface area contributed by atoms with Gasteiger partial charge in [-0.15, -0.1) is 0 Å². The lowest BCUT2D eigenvalue weighted by atomic mass is 10.1. The molecule has 1 aromatic heterocycles. The van der Waals surface area contributed by atoms with Crippen LogP contribution in [0.4, 0.5) is 0 Å². The van der Waals surface area contributed by atoms with E-state index in [0.29, 0.717) is 19.6 Å². The maximum absolute atomic E-state index is 12.6. The third-order valence-corrected chi connectivity index (χ3v) is 4.13. The maximum atomic E-state index is 12.6. The Balaban J connectivity index is 1.66. The van der Waals surface area contributed by atoms with Gasteiger partial charge in [0.05, 0.1) is 13.7 Å². The van der Waals surface area contributed by atoms with Gasteiger partial charge in [0.1, 0.15) is 18.1 Å². The molecule has 0 bridgehead atoms. The Labute approximate surface area is 146 Å². The highest BCUT2D eigenvalue weighted by Crippen LogP contribution is 2.15. The fraction of sp³-hybridized carbons (Fsp3) is 0.250. The zero-order valence-electron chi connectivity index (χ0n) is 14.5. The summed E-state index contributed by atoms with van der Waals surface area (Å²) in [6.45, 7) is 2.85. The van der Waals surface area contributed by atoms with Crippen molar-refractivity contribution in [2.24, 2.45) is 0 Å². The van der Waals surface area contributed by atoms with Gasteiger partial charge in [0.25, 0.3) is 5.56 Å². The second kappa shape index (κ2) is 7.75. The summed E-state index contributed by atoms with van der Waals surface area (Å²) < 4.78 is 12.4. The van der Waals surface area contributed by atoms with Gasteiger partial charge in [0, 0.05) is 17.7 Å². The van der Waals surface area contributed by atoms with Gasteiger partial charge in [0.2, 0.25) is 0 Å². The summed E-state index contributed by atoms with van der Waals surface area (Å²) >= 11 is 0. The minimum absolute atomic E-state index is 0.00461. The Morgan fingerprint density at radius 2 is 1.72 bits per heavy atom. The summed E-state index contributed by atoms with van der Waals surface area (Å²) in [6, 6.07) is 17.4. The van der Waals surface area contributed by atoms with Crippen LogP contribution < -0.4 is 15.0 Å². The van der Waals surface area contributed by atoms with Crippen LogP contribution in [-0.4, -0.2) is 23.5 Å². The summed E-state index contributed by atoms with van der Waals surface area (Å²) in [4.78, 5) is 12.6. The Morgan fingerprint density at radius 1 is 1.00 bits per heavy atom. The van der Waals surface area contributed by atoms with E-state index in [1.165, 1.54) is 0 Å². The van der Waals surface area contributed by atoms with Gasteiger partial charge >= 0.3 is 0 Å². The van der Waals surface area contributed by atoms with Crippen molar-refractivity contribution in [2.75, 3.05) is 13.7 Å². The zero-order chi connectivity index (χ0) is 17.6. The van der Waals surface area contributed by atoms with Crippen molar-refractivity contribution >= 4 is 0 Å².